The number of aryl methyl sites for hydroxylation is 1. The Labute approximate surface area is 101 Å². The van der Waals surface area contributed by atoms with Gasteiger partial charge in [-0.25, -0.2) is 14.8 Å². The fourth-order valence-corrected chi connectivity index (χ4v) is 1.96. The summed E-state index contributed by atoms with van der Waals surface area (Å²) < 4.78 is 0. The summed E-state index contributed by atoms with van der Waals surface area (Å²) in [6.07, 6.45) is 1.39. The van der Waals surface area contributed by atoms with Crippen molar-refractivity contribution < 1.29 is 9.90 Å². The molecule has 2 aromatic rings. The van der Waals surface area contributed by atoms with Crippen molar-refractivity contribution in [1.82, 2.24) is 9.97 Å². The van der Waals surface area contributed by atoms with Crippen LogP contribution in [0.25, 0.3) is 0 Å². The minimum atomic E-state index is -1.08. The molecular weight excluding hydrogens is 240 g/mol. The van der Waals surface area contributed by atoms with E-state index >= 15 is 0 Å². The van der Waals surface area contributed by atoms with E-state index in [9.17, 15) is 4.79 Å². The van der Waals surface area contributed by atoms with Crippen LogP contribution in [0.1, 0.15) is 16.1 Å². The number of aromatic nitrogens is 2. The molecule has 7 heteroatoms. The van der Waals surface area contributed by atoms with Gasteiger partial charge in [-0.3, -0.25) is 0 Å². The molecule has 0 aliphatic rings. The normalized spacial score (nSPS) is 10.2. The number of nitrogens with one attached hydrogen (secondary N) is 1. The van der Waals surface area contributed by atoms with Crippen LogP contribution in [-0.4, -0.2) is 21.0 Å². The van der Waals surface area contributed by atoms with Crippen molar-refractivity contribution in [2.45, 2.75) is 6.92 Å². The molecule has 2 rings (SSSR count). The molecule has 88 valence electrons. The molecule has 4 N–H and O–H groups in total. The van der Waals surface area contributed by atoms with E-state index in [2.05, 4.69) is 15.3 Å². The fraction of sp³-hybridized carbons (Fsp3) is 0.100. The maximum absolute atomic E-state index is 10.9. The van der Waals surface area contributed by atoms with Crippen LogP contribution in [0.4, 0.5) is 16.6 Å². The number of hydrogen-bond acceptors (Lipinski definition) is 6. The van der Waals surface area contributed by atoms with Gasteiger partial charge in [-0.2, -0.15) is 0 Å². The van der Waals surface area contributed by atoms with Gasteiger partial charge in [-0.1, -0.05) is 0 Å². The van der Waals surface area contributed by atoms with Crippen molar-refractivity contribution in [3.63, 3.8) is 0 Å². The number of hydrogen-bond donors (Lipinski definition) is 3. The monoisotopic (exact) mass is 250 g/mol. The molecule has 0 saturated heterocycles. The van der Waals surface area contributed by atoms with Gasteiger partial charge in [-0.05, 0) is 13.0 Å². The lowest BCUT2D eigenvalue weighted by Gasteiger charge is -2.07. The van der Waals surface area contributed by atoms with Gasteiger partial charge in [0.1, 0.15) is 0 Å². The molecule has 0 aliphatic carbocycles. The molecule has 0 unspecified atom stereocenters. The smallest absolute Gasteiger partial charge is 0.337 e. The Morgan fingerprint density at radius 1 is 1.59 bits per heavy atom. The lowest BCUT2D eigenvalue weighted by atomic mass is 10.2. The SMILES string of the molecule is Cc1csc(Nc2nccc(C(=O)O)c2N)n1. The van der Waals surface area contributed by atoms with Gasteiger partial charge < -0.3 is 16.2 Å². The van der Waals surface area contributed by atoms with Crippen LogP contribution in [0.2, 0.25) is 0 Å². The summed E-state index contributed by atoms with van der Waals surface area (Å²) in [5.74, 6) is -0.775. The topological polar surface area (TPSA) is 101 Å². The van der Waals surface area contributed by atoms with Crippen LogP contribution in [0.15, 0.2) is 17.6 Å². The maximum atomic E-state index is 10.9. The van der Waals surface area contributed by atoms with Gasteiger partial charge >= 0.3 is 5.97 Å². The molecule has 2 aromatic heterocycles. The lowest BCUT2D eigenvalue weighted by molar-refractivity contribution is 0.0698. The number of nitrogens with two attached hydrogens (primary N) is 1. The summed E-state index contributed by atoms with van der Waals surface area (Å²) in [7, 11) is 0. The van der Waals surface area contributed by atoms with Crippen LogP contribution in [0.3, 0.4) is 0 Å². The minimum absolute atomic E-state index is 0.0239. The van der Waals surface area contributed by atoms with E-state index in [1.54, 1.807) is 0 Å². The molecule has 0 aliphatic heterocycles. The number of nitrogens with zero attached hydrogens (tertiary/aromatic N) is 2. The highest BCUT2D eigenvalue weighted by molar-refractivity contribution is 7.13. The van der Waals surface area contributed by atoms with Crippen molar-refractivity contribution >= 4 is 33.9 Å². The molecule has 0 bridgehead atoms. The van der Waals surface area contributed by atoms with Gasteiger partial charge in [0.15, 0.2) is 10.9 Å². The molecule has 0 fully saturated rings. The second-order valence-electron chi connectivity index (χ2n) is 3.34. The molecule has 17 heavy (non-hydrogen) atoms. The number of nitrogen functional groups attached to an aromatic ring is 1. The number of anilines is 3. The summed E-state index contributed by atoms with van der Waals surface area (Å²) in [5.41, 5.74) is 6.72. The number of rotatable bonds is 3. The van der Waals surface area contributed by atoms with Gasteiger partial charge in [0.25, 0.3) is 0 Å². The summed E-state index contributed by atoms with van der Waals surface area (Å²) in [6, 6.07) is 1.36. The number of aromatic carboxylic acids is 1. The number of carboxylic acid groups (broad SMARTS) is 1. The minimum Gasteiger partial charge on any atom is -0.478 e. The third-order valence-electron chi connectivity index (χ3n) is 2.06. The zero-order chi connectivity index (χ0) is 12.4. The molecule has 0 spiro atoms. The Morgan fingerprint density at radius 3 is 2.94 bits per heavy atom. The van der Waals surface area contributed by atoms with Gasteiger partial charge in [0.2, 0.25) is 0 Å². The predicted molar refractivity (Wildman–Crippen MR) is 65.7 cm³/mol. The van der Waals surface area contributed by atoms with Crippen molar-refractivity contribution in [2.75, 3.05) is 11.1 Å². The zero-order valence-corrected chi connectivity index (χ0v) is 9.78. The second kappa shape index (κ2) is 4.38. The third kappa shape index (κ3) is 2.34. The molecule has 6 nitrogen and oxygen atoms in total. The number of carboxylic acids is 1. The summed E-state index contributed by atoms with van der Waals surface area (Å²) in [4.78, 5) is 19.1. The van der Waals surface area contributed by atoms with E-state index in [0.717, 1.165) is 5.69 Å². The van der Waals surface area contributed by atoms with E-state index < -0.39 is 5.97 Å². The Hall–Kier alpha value is -2.15. The van der Waals surface area contributed by atoms with E-state index in [1.165, 1.54) is 23.6 Å². The highest BCUT2D eigenvalue weighted by Gasteiger charge is 2.12. The molecule has 0 radical (unpaired) electrons. The highest BCUT2D eigenvalue weighted by atomic mass is 32.1. The Balaban J connectivity index is 2.33. The molecule has 0 aromatic carbocycles. The first kappa shape index (κ1) is 11.3. The predicted octanol–water partition coefficient (Wildman–Crippen LogP) is 1.87. The van der Waals surface area contributed by atoms with Crippen molar-refractivity contribution in [3.8, 4) is 0 Å². The highest BCUT2D eigenvalue weighted by Crippen LogP contribution is 2.25. The Kier molecular flexibility index (Phi) is 2.92. The van der Waals surface area contributed by atoms with E-state index in [4.69, 9.17) is 10.8 Å². The zero-order valence-electron chi connectivity index (χ0n) is 8.97. The van der Waals surface area contributed by atoms with Crippen LogP contribution in [-0.2, 0) is 0 Å². The van der Waals surface area contributed by atoms with Crippen LogP contribution in [0, 0.1) is 6.92 Å². The first-order valence-electron chi connectivity index (χ1n) is 4.75. The van der Waals surface area contributed by atoms with Crippen molar-refractivity contribution in [1.29, 1.82) is 0 Å². The molecule has 0 amide bonds. The molecular formula is C10H10N4O2S. The Bertz CT molecular complexity index is 567. The lowest BCUT2D eigenvalue weighted by Crippen LogP contribution is -2.06. The maximum Gasteiger partial charge on any atom is 0.337 e. The molecule has 0 atom stereocenters. The Morgan fingerprint density at radius 2 is 2.35 bits per heavy atom. The van der Waals surface area contributed by atoms with Gasteiger partial charge in [0.05, 0.1) is 16.9 Å². The third-order valence-corrected chi connectivity index (χ3v) is 2.94. The van der Waals surface area contributed by atoms with Crippen LogP contribution >= 0.6 is 11.3 Å². The van der Waals surface area contributed by atoms with Crippen molar-refractivity contribution in [3.05, 3.63) is 28.9 Å². The van der Waals surface area contributed by atoms with E-state index in [0.29, 0.717) is 10.9 Å². The molecule has 2 heterocycles. The van der Waals surface area contributed by atoms with Gasteiger partial charge in [-0.15, -0.1) is 11.3 Å². The summed E-state index contributed by atoms with van der Waals surface area (Å²) in [5, 5.41) is 14.3. The van der Waals surface area contributed by atoms with Crippen LogP contribution in [0.5, 0.6) is 0 Å². The largest absolute Gasteiger partial charge is 0.478 e. The van der Waals surface area contributed by atoms with Crippen LogP contribution < -0.4 is 11.1 Å². The second-order valence-corrected chi connectivity index (χ2v) is 4.20. The average Bonchev–Trinajstić information content (AvgIpc) is 2.67. The summed E-state index contributed by atoms with van der Waals surface area (Å²) in [6.45, 7) is 1.87. The van der Waals surface area contributed by atoms with E-state index in [1.807, 2.05) is 12.3 Å². The average molecular weight is 250 g/mol. The van der Waals surface area contributed by atoms with Gasteiger partial charge in [0, 0.05) is 11.6 Å². The summed E-state index contributed by atoms with van der Waals surface area (Å²) >= 11 is 1.40. The quantitative estimate of drug-likeness (QED) is 0.768. The number of pyridine rings is 1. The van der Waals surface area contributed by atoms with Crippen molar-refractivity contribution in [2.24, 2.45) is 0 Å². The number of carbonyl (C=O) groups is 1. The standard InChI is InChI=1S/C10H10N4O2S/c1-5-4-17-10(13-5)14-8-7(11)6(9(15)16)2-3-12-8/h2-4H,11H2,1H3,(H,15,16)(H,12,13,14). The molecule has 0 saturated carbocycles. The first-order valence-corrected chi connectivity index (χ1v) is 5.63. The number of thiazole rings is 1. The fourth-order valence-electron chi connectivity index (χ4n) is 1.27. The first-order chi connectivity index (χ1) is 8.08. The van der Waals surface area contributed by atoms with E-state index in [-0.39, 0.29) is 11.3 Å².